The Kier molecular flexibility index (Phi) is 3.86. The molecule has 20 heavy (non-hydrogen) atoms. The van der Waals surface area contributed by atoms with Crippen molar-refractivity contribution in [2.24, 2.45) is 0 Å². The highest BCUT2D eigenvalue weighted by molar-refractivity contribution is 7.92. The summed E-state index contributed by atoms with van der Waals surface area (Å²) in [5.74, 6) is 1.21. The number of rotatable bonds is 5. The van der Waals surface area contributed by atoms with Crippen molar-refractivity contribution in [3.05, 3.63) is 18.2 Å². The van der Waals surface area contributed by atoms with Crippen LogP contribution in [0.5, 0.6) is 11.5 Å². The lowest BCUT2D eigenvalue weighted by molar-refractivity contribution is 0.122. The number of sulfonamides is 1. The van der Waals surface area contributed by atoms with E-state index < -0.39 is 10.0 Å². The van der Waals surface area contributed by atoms with E-state index in [-0.39, 0.29) is 11.7 Å². The van der Waals surface area contributed by atoms with Crippen LogP contribution in [0.25, 0.3) is 0 Å². The van der Waals surface area contributed by atoms with Crippen LogP contribution in [0, 0.1) is 0 Å². The van der Waals surface area contributed by atoms with E-state index in [0.717, 1.165) is 19.1 Å². The van der Waals surface area contributed by atoms with Crippen LogP contribution in [0.1, 0.15) is 33.6 Å². The fourth-order valence-electron chi connectivity index (χ4n) is 1.66. The first-order chi connectivity index (χ1) is 9.12. The molecule has 0 radical (unpaired) electrons. The fraction of sp³-hybridized carbons (Fsp3) is 0.571. The molecule has 0 atom stereocenters. The van der Waals surface area contributed by atoms with Gasteiger partial charge in [0.2, 0.25) is 10.0 Å². The second-order valence-corrected chi connectivity index (χ2v) is 7.82. The van der Waals surface area contributed by atoms with Crippen molar-refractivity contribution in [2.75, 3.05) is 11.0 Å². The maximum atomic E-state index is 11.3. The number of anilines is 1. The van der Waals surface area contributed by atoms with Gasteiger partial charge >= 0.3 is 0 Å². The summed E-state index contributed by atoms with van der Waals surface area (Å²) in [5.41, 5.74) is 0.136. The number of ether oxygens (including phenoxy) is 2. The lowest BCUT2D eigenvalue weighted by atomic mass is 10.2. The minimum Gasteiger partial charge on any atom is -0.486 e. The maximum Gasteiger partial charge on any atom is 0.229 e. The summed E-state index contributed by atoms with van der Waals surface area (Å²) < 4.78 is 36.6. The second-order valence-electron chi connectivity index (χ2n) is 6.07. The maximum absolute atomic E-state index is 11.3. The molecule has 1 N–H and O–H groups in total. The largest absolute Gasteiger partial charge is 0.486 e. The molecule has 2 rings (SSSR count). The Morgan fingerprint density at radius 3 is 2.35 bits per heavy atom. The average molecular weight is 299 g/mol. The van der Waals surface area contributed by atoms with Crippen LogP contribution < -0.4 is 14.2 Å². The normalized spacial score (nSPS) is 15.8. The van der Waals surface area contributed by atoms with E-state index in [1.165, 1.54) is 0 Å². The number of nitrogens with one attached hydrogen (secondary N) is 1. The van der Waals surface area contributed by atoms with Crippen LogP contribution >= 0.6 is 0 Å². The van der Waals surface area contributed by atoms with Gasteiger partial charge in [0, 0.05) is 6.07 Å². The van der Waals surface area contributed by atoms with E-state index in [1.807, 2.05) is 20.8 Å². The Morgan fingerprint density at radius 2 is 1.85 bits per heavy atom. The van der Waals surface area contributed by atoms with Crippen LogP contribution in [0.4, 0.5) is 5.69 Å². The summed E-state index contributed by atoms with van der Waals surface area (Å²) in [6.07, 6.45) is 3.39. The van der Waals surface area contributed by atoms with E-state index in [9.17, 15) is 8.42 Å². The van der Waals surface area contributed by atoms with Gasteiger partial charge in [-0.15, -0.1) is 0 Å². The quantitative estimate of drug-likeness (QED) is 0.908. The summed E-state index contributed by atoms with van der Waals surface area (Å²) in [6, 6.07) is 5.07. The van der Waals surface area contributed by atoms with Crippen molar-refractivity contribution in [1.29, 1.82) is 0 Å². The van der Waals surface area contributed by atoms with Gasteiger partial charge in [0.05, 0.1) is 18.0 Å². The number of hydrogen-bond acceptors (Lipinski definition) is 4. The summed E-state index contributed by atoms with van der Waals surface area (Å²) >= 11 is 0. The number of benzene rings is 1. The highest BCUT2D eigenvalue weighted by atomic mass is 32.2. The van der Waals surface area contributed by atoms with Gasteiger partial charge in [-0.1, -0.05) is 0 Å². The Bertz CT molecular complexity index is 586. The monoisotopic (exact) mass is 299 g/mol. The minimum atomic E-state index is -3.30. The van der Waals surface area contributed by atoms with Gasteiger partial charge in [0.25, 0.3) is 0 Å². The van der Waals surface area contributed by atoms with Crippen LogP contribution in [0.2, 0.25) is 0 Å². The molecular formula is C14H21NO4S. The predicted octanol–water partition coefficient (Wildman–Crippen LogP) is 2.78. The van der Waals surface area contributed by atoms with Crippen molar-refractivity contribution in [3.8, 4) is 11.5 Å². The smallest absolute Gasteiger partial charge is 0.229 e. The molecular weight excluding hydrogens is 278 g/mol. The molecule has 0 spiro atoms. The molecule has 1 aromatic carbocycles. The van der Waals surface area contributed by atoms with E-state index >= 15 is 0 Å². The second kappa shape index (κ2) is 5.16. The van der Waals surface area contributed by atoms with E-state index in [0.29, 0.717) is 17.2 Å². The molecule has 0 heterocycles. The van der Waals surface area contributed by atoms with Crippen LogP contribution in [-0.2, 0) is 10.0 Å². The van der Waals surface area contributed by atoms with E-state index in [1.54, 1.807) is 18.2 Å². The highest BCUT2D eigenvalue weighted by Crippen LogP contribution is 2.37. The lowest BCUT2D eigenvalue weighted by Crippen LogP contribution is -2.23. The van der Waals surface area contributed by atoms with Crippen molar-refractivity contribution >= 4 is 15.7 Å². The molecule has 5 nitrogen and oxygen atoms in total. The molecule has 0 amide bonds. The van der Waals surface area contributed by atoms with Gasteiger partial charge in [0.15, 0.2) is 11.5 Å². The van der Waals surface area contributed by atoms with Crippen molar-refractivity contribution in [2.45, 2.75) is 45.3 Å². The van der Waals surface area contributed by atoms with Crippen LogP contribution in [-0.4, -0.2) is 26.4 Å². The first-order valence-electron chi connectivity index (χ1n) is 6.60. The van der Waals surface area contributed by atoms with Crippen LogP contribution in [0.15, 0.2) is 18.2 Å². The summed E-state index contributed by atoms with van der Waals surface area (Å²) in [5, 5.41) is 0. The average Bonchev–Trinajstić information content (AvgIpc) is 3.01. The zero-order valence-electron chi connectivity index (χ0n) is 12.3. The molecule has 0 saturated heterocycles. The highest BCUT2D eigenvalue weighted by Gasteiger charge is 2.26. The summed E-state index contributed by atoms with van der Waals surface area (Å²) in [4.78, 5) is 0. The topological polar surface area (TPSA) is 64.6 Å². The summed E-state index contributed by atoms with van der Waals surface area (Å²) in [7, 11) is -3.30. The van der Waals surface area contributed by atoms with Gasteiger partial charge in [-0.2, -0.15) is 0 Å². The van der Waals surface area contributed by atoms with Gasteiger partial charge in [0.1, 0.15) is 5.60 Å². The zero-order valence-corrected chi connectivity index (χ0v) is 13.1. The first kappa shape index (κ1) is 15.0. The Labute approximate surface area is 120 Å². The predicted molar refractivity (Wildman–Crippen MR) is 78.9 cm³/mol. The Hall–Kier alpha value is -1.43. The Morgan fingerprint density at radius 1 is 1.20 bits per heavy atom. The molecule has 0 bridgehead atoms. The third-order valence-electron chi connectivity index (χ3n) is 2.48. The molecule has 0 unspecified atom stereocenters. The molecule has 1 saturated carbocycles. The van der Waals surface area contributed by atoms with Gasteiger partial charge in [-0.3, -0.25) is 4.72 Å². The lowest BCUT2D eigenvalue weighted by Gasteiger charge is -2.23. The van der Waals surface area contributed by atoms with E-state index in [2.05, 4.69) is 4.72 Å². The van der Waals surface area contributed by atoms with Crippen molar-refractivity contribution in [3.63, 3.8) is 0 Å². The van der Waals surface area contributed by atoms with Gasteiger partial charge in [-0.05, 0) is 45.7 Å². The zero-order chi connectivity index (χ0) is 15.0. The third kappa shape index (κ3) is 4.92. The van der Waals surface area contributed by atoms with Gasteiger partial charge < -0.3 is 9.47 Å². The van der Waals surface area contributed by atoms with Crippen molar-refractivity contribution < 1.29 is 17.9 Å². The molecule has 1 aliphatic carbocycles. The molecule has 0 aromatic heterocycles. The minimum absolute atomic E-state index is 0.214. The molecule has 0 aliphatic heterocycles. The standard InChI is InChI=1S/C14H21NO4S/c1-14(2,3)19-12-8-5-10(15-20(4,16)17)9-13(12)18-11-6-7-11/h5,8-9,11,15H,6-7H2,1-4H3. The Balaban J connectivity index is 2.26. The fourth-order valence-corrected chi connectivity index (χ4v) is 2.21. The van der Waals surface area contributed by atoms with Gasteiger partial charge in [-0.25, -0.2) is 8.42 Å². The van der Waals surface area contributed by atoms with Crippen LogP contribution in [0.3, 0.4) is 0 Å². The third-order valence-corrected chi connectivity index (χ3v) is 3.09. The molecule has 6 heteroatoms. The first-order valence-corrected chi connectivity index (χ1v) is 8.49. The summed E-state index contributed by atoms with van der Waals surface area (Å²) in [6.45, 7) is 5.86. The SMILES string of the molecule is CC(C)(C)Oc1ccc(NS(C)(=O)=O)cc1OC1CC1. The van der Waals surface area contributed by atoms with E-state index in [4.69, 9.17) is 9.47 Å². The van der Waals surface area contributed by atoms with Crippen molar-refractivity contribution in [1.82, 2.24) is 0 Å². The number of hydrogen-bond donors (Lipinski definition) is 1. The molecule has 112 valence electrons. The molecule has 1 aliphatic rings. The molecule has 1 aromatic rings. The molecule has 1 fully saturated rings.